The summed E-state index contributed by atoms with van der Waals surface area (Å²) >= 11 is 5.98. The lowest BCUT2D eigenvalue weighted by atomic mass is 9.87. The van der Waals surface area contributed by atoms with E-state index in [2.05, 4.69) is 10.6 Å². The van der Waals surface area contributed by atoms with Gasteiger partial charge in [-0.05, 0) is 43.7 Å². The third kappa shape index (κ3) is 4.11. The first kappa shape index (κ1) is 14.2. The molecule has 0 unspecified atom stereocenters. The number of aliphatic hydroxyl groups excluding tert-OH is 1. The van der Waals surface area contributed by atoms with E-state index in [0.717, 1.165) is 25.7 Å². The summed E-state index contributed by atoms with van der Waals surface area (Å²) in [4.78, 5) is 11.9. The van der Waals surface area contributed by atoms with Gasteiger partial charge in [0.1, 0.15) is 0 Å². The van der Waals surface area contributed by atoms with Crippen LogP contribution in [-0.2, 0) is 0 Å². The van der Waals surface area contributed by atoms with Gasteiger partial charge in [-0.3, -0.25) is 0 Å². The van der Waals surface area contributed by atoms with Gasteiger partial charge in [-0.15, -0.1) is 0 Å². The number of benzene rings is 1. The Labute approximate surface area is 118 Å². The molecule has 0 spiro atoms. The molecule has 0 atom stereocenters. The summed E-state index contributed by atoms with van der Waals surface area (Å²) in [6.45, 7) is 0.249. The first-order chi connectivity index (χ1) is 9.19. The highest BCUT2D eigenvalue weighted by molar-refractivity contribution is 6.33. The van der Waals surface area contributed by atoms with Crippen LogP contribution in [0.1, 0.15) is 25.7 Å². The van der Waals surface area contributed by atoms with E-state index < -0.39 is 0 Å². The summed E-state index contributed by atoms with van der Waals surface area (Å²) in [5.74, 6) is 0.393. The number of carbonyl (C=O) groups is 1. The van der Waals surface area contributed by atoms with Crippen molar-refractivity contribution >= 4 is 23.3 Å². The van der Waals surface area contributed by atoms with Gasteiger partial charge in [-0.1, -0.05) is 23.7 Å². The van der Waals surface area contributed by atoms with Gasteiger partial charge < -0.3 is 15.7 Å². The van der Waals surface area contributed by atoms with E-state index in [-0.39, 0.29) is 18.7 Å². The Morgan fingerprint density at radius 3 is 2.58 bits per heavy atom. The Bertz CT molecular complexity index is 431. The molecule has 104 valence electrons. The van der Waals surface area contributed by atoms with E-state index in [4.69, 9.17) is 16.7 Å². The van der Waals surface area contributed by atoms with Crippen molar-refractivity contribution in [2.24, 2.45) is 5.92 Å². The molecule has 2 rings (SSSR count). The Hall–Kier alpha value is -1.26. The molecule has 0 heterocycles. The summed E-state index contributed by atoms with van der Waals surface area (Å²) in [7, 11) is 0. The SMILES string of the molecule is O=C(Nc1ccccc1Cl)NC1CCC(CO)CC1. The van der Waals surface area contributed by atoms with E-state index in [9.17, 15) is 4.79 Å². The largest absolute Gasteiger partial charge is 0.396 e. The highest BCUT2D eigenvalue weighted by Crippen LogP contribution is 2.24. The normalized spacial score (nSPS) is 22.8. The van der Waals surface area contributed by atoms with Crippen molar-refractivity contribution < 1.29 is 9.90 Å². The van der Waals surface area contributed by atoms with E-state index >= 15 is 0 Å². The van der Waals surface area contributed by atoms with Crippen LogP contribution in [0.15, 0.2) is 24.3 Å². The van der Waals surface area contributed by atoms with Crippen LogP contribution in [0, 0.1) is 5.92 Å². The minimum Gasteiger partial charge on any atom is -0.396 e. The van der Waals surface area contributed by atoms with Crippen LogP contribution in [-0.4, -0.2) is 23.8 Å². The zero-order valence-electron chi connectivity index (χ0n) is 10.7. The average Bonchev–Trinajstić information content (AvgIpc) is 2.42. The Balaban J connectivity index is 1.81. The van der Waals surface area contributed by atoms with Gasteiger partial charge in [-0.25, -0.2) is 4.79 Å². The van der Waals surface area contributed by atoms with E-state index in [0.29, 0.717) is 16.6 Å². The molecule has 0 aromatic heterocycles. The van der Waals surface area contributed by atoms with Crippen LogP contribution in [0.5, 0.6) is 0 Å². The third-order valence-corrected chi connectivity index (χ3v) is 3.89. The zero-order chi connectivity index (χ0) is 13.7. The number of halogens is 1. The van der Waals surface area contributed by atoms with Gasteiger partial charge in [-0.2, -0.15) is 0 Å². The maximum absolute atomic E-state index is 11.9. The molecule has 1 aliphatic carbocycles. The molecular formula is C14H19ClN2O2. The van der Waals surface area contributed by atoms with Gasteiger partial charge in [0, 0.05) is 12.6 Å². The van der Waals surface area contributed by atoms with Crippen molar-refractivity contribution in [1.29, 1.82) is 0 Å². The summed E-state index contributed by atoms with van der Waals surface area (Å²) in [5.41, 5.74) is 0.616. The fraction of sp³-hybridized carbons (Fsp3) is 0.500. The molecule has 0 aliphatic heterocycles. The number of rotatable bonds is 3. The molecule has 1 saturated carbocycles. The Morgan fingerprint density at radius 1 is 1.26 bits per heavy atom. The standard InChI is InChI=1S/C14H19ClN2O2/c15-12-3-1-2-4-13(12)17-14(19)16-11-7-5-10(9-18)6-8-11/h1-4,10-11,18H,5-9H2,(H2,16,17,19). The molecule has 1 aromatic rings. The van der Waals surface area contributed by atoms with Gasteiger partial charge in [0.2, 0.25) is 0 Å². The van der Waals surface area contributed by atoms with Crippen molar-refractivity contribution in [2.45, 2.75) is 31.7 Å². The first-order valence-corrected chi connectivity index (χ1v) is 6.99. The van der Waals surface area contributed by atoms with Crippen LogP contribution in [0.4, 0.5) is 10.5 Å². The fourth-order valence-electron chi connectivity index (χ4n) is 2.40. The average molecular weight is 283 g/mol. The molecule has 3 N–H and O–H groups in total. The number of amides is 2. The molecule has 5 heteroatoms. The molecule has 0 bridgehead atoms. The monoisotopic (exact) mass is 282 g/mol. The highest BCUT2D eigenvalue weighted by atomic mass is 35.5. The number of nitrogens with one attached hydrogen (secondary N) is 2. The van der Waals surface area contributed by atoms with Gasteiger partial charge in [0.15, 0.2) is 0 Å². The smallest absolute Gasteiger partial charge is 0.319 e. The summed E-state index contributed by atoms with van der Waals surface area (Å²) in [6, 6.07) is 7.12. The highest BCUT2D eigenvalue weighted by Gasteiger charge is 2.21. The third-order valence-electron chi connectivity index (χ3n) is 3.56. The second-order valence-corrected chi connectivity index (χ2v) is 5.39. The Morgan fingerprint density at radius 2 is 1.95 bits per heavy atom. The van der Waals surface area contributed by atoms with Crippen molar-refractivity contribution in [3.8, 4) is 0 Å². The zero-order valence-corrected chi connectivity index (χ0v) is 11.5. The Kier molecular flexibility index (Phi) is 5.05. The van der Waals surface area contributed by atoms with Gasteiger partial charge >= 0.3 is 6.03 Å². The van der Waals surface area contributed by atoms with Gasteiger partial charge in [0.25, 0.3) is 0 Å². The topological polar surface area (TPSA) is 61.4 Å². The summed E-state index contributed by atoms with van der Waals surface area (Å²) in [6.07, 6.45) is 3.77. The predicted octanol–water partition coefficient (Wildman–Crippen LogP) is 3.01. The molecule has 0 saturated heterocycles. The molecule has 1 aliphatic rings. The summed E-state index contributed by atoms with van der Waals surface area (Å²) < 4.78 is 0. The maximum Gasteiger partial charge on any atom is 0.319 e. The molecule has 1 aromatic carbocycles. The molecule has 4 nitrogen and oxygen atoms in total. The lowest BCUT2D eigenvalue weighted by Crippen LogP contribution is -2.40. The lowest BCUT2D eigenvalue weighted by Gasteiger charge is -2.28. The predicted molar refractivity (Wildman–Crippen MR) is 76.4 cm³/mol. The van der Waals surface area contributed by atoms with E-state index in [1.165, 1.54) is 0 Å². The first-order valence-electron chi connectivity index (χ1n) is 6.62. The number of aliphatic hydroxyl groups is 1. The van der Waals surface area contributed by atoms with Crippen molar-refractivity contribution in [3.63, 3.8) is 0 Å². The molecule has 1 fully saturated rings. The molecule has 19 heavy (non-hydrogen) atoms. The second-order valence-electron chi connectivity index (χ2n) is 4.98. The van der Waals surface area contributed by atoms with E-state index in [1.54, 1.807) is 12.1 Å². The van der Waals surface area contributed by atoms with Crippen LogP contribution in [0.2, 0.25) is 5.02 Å². The van der Waals surface area contributed by atoms with Crippen molar-refractivity contribution in [1.82, 2.24) is 5.32 Å². The summed E-state index contributed by atoms with van der Waals surface area (Å²) in [5, 5.41) is 15.3. The minimum absolute atomic E-state index is 0.185. The number of carbonyl (C=O) groups excluding carboxylic acids is 1. The van der Waals surface area contributed by atoms with Gasteiger partial charge in [0.05, 0.1) is 10.7 Å². The minimum atomic E-state index is -0.222. The van der Waals surface area contributed by atoms with E-state index in [1.807, 2.05) is 12.1 Å². The number of para-hydroxylation sites is 1. The molecule has 0 radical (unpaired) electrons. The van der Waals surface area contributed by atoms with Crippen molar-refractivity contribution in [3.05, 3.63) is 29.3 Å². The van der Waals surface area contributed by atoms with Crippen LogP contribution in [0.3, 0.4) is 0 Å². The lowest BCUT2D eigenvalue weighted by molar-refractivity contribution is 0.176. The van der Waals surface area contributed by atoms with Crippen molar-refractivity contribution in [2.75, 3.05) is 11.9 Å². The fourth-order valence-corrected chi connectivity index (χ4v) is 2.58. The van der Waals surface area contributed by atoms with Crippen LogP contribution >= 0.6 is 11.6 Å². The number of hydrogen-bond acceptors (Lipinski definition) is 2. The second kappa shape index (κ2) is 6.78. The molecule has 2 amide bonds. The van der Waals surface area contributed by atoms with Crippen LogP contribution < -0.4 is 10.6 Å². The number of anilines is 1. The number of urea groups is 1. The molecular weight excluding hydrogens is 264 g/mol. The quantitative estimate of drug-likeness (QED) is 0.798. The number of hydrogen-bond donors (Lipinski definition) is 3. The maximum atomic E-state index is 11.9. The van der Waals surface area contributed by atoms with Crippen LogP contribution in [0.25, 0.3) is 0 Å².